The van der Waals surface area contributed by atoms with Crippen LogP contribution in [0, 0.1) is 0 Å². The van der Waals surface area contributed by atoms with Crippen molar-refractivity contribution in [3.05, 3.63) is 35.4 Å². The molecule has 0 radical (unpaired) electrons. The number of nitrogens with zero attached hydrogens (tertiary/aromatic N) is 1. The van der Waals surface area contributed by atoms with E-state index < -0.39 is 0 Å². The zero-order valence-electron chi connectivity index (χ0n) is 7.36. The van der Waals surface area contributed by atoms with Gasteiger partial charge in [0.15, 0.2) is 0 Å². The lowest BCUT2D eigenvalue weighted by atomic mass is 9.98. The predicted octanol–water partition coefficient (Wildman–Crippen LogP) is 2.62. The molecule has 0 saturated carbocycles. The lowest BCUT2D eigenvalue weighted by Gasteiger charge is -2.07. The highest BCUT2D eigenvalue weighted by atomic mass is 16.4. The van der Waals surface area contributed by atoms with Gasteiger partial charge in [-0.2, -0.15) is 0 Å². The molecule has 12 heavy (non-hydrogen) atoms. The molecular weight excluding hydrogens is 150 g/mol. The summed E-state index contributed by atoms with van der Waals surface area (Å²) < 4.78 is 0. The van der Waals surface area contributed by atoms with Crippen LogP contribution in [0.4, 0.5) is 0 Å². The van der Waals surface area contributed by atoms with Crippen molar-refractivity contribution in [3.63, 3.8) is 0 Å². The van der Waals surface area contributed by atoms with E-state index in [1.54, 1.807) is 0 Å². The van der Waals surface area contributed by atoms with Crippen LogP contribution in [0.15, 0.2) is 29.4 Å². The Kier molecular flexibility index (Phi) is 2.86. The van der Waals surface area contributed by atoms with Gasteiger partial charge in [-0.15, -0.1) is 0 Å². The van der Waals surface area contributed by atoms with Crippen LogP contribution in [0.2, 0.25) is 0 Å². The summed E-state index contributed by atoms with van der Waals surface area (Å²) in [5.74, 6) is 0.458. The van der Waals surface area contributed by atoms with Gasteiger partial charge in [-0.1, -0.05) is 43.3 Å². The first-order chi connectivity index (χ1) is 5.75. The van der Waals surface area contributed by atoms with Crippen molar-refractivity contribution < 1.29 is 5.21 Å². The molecule has 1 aromatic carbocycles. The molecule has 0 unspecified atom stereocenters. The van der Waals surface area contributed by atoms with Crippen LogP contribution in [0.5, 0.6) is 0 Å². The number of oxime groups is 1. The van der Waals surface area contributed by atoms with Gasteiger partial charge in [0.25, 0.3) is 0 Å². The lowest BCUT2D eigenvalue weighted by Crippen LogP contribution is -1.94. The molecule has 2 heteroatoms. The van der Waals surface area contributed by atoms with Crippen molar-refractivity contribution in [1.29, 1.82) is 0 Å². The zero-order chi connectivity index (χ0) is 8.97. The van der Waals surface area contributed by atoms with Crippen molar-refractivity contribution in [2.24, 2.45) is 5.16 Å². The first kappa shape index (κ1) is 8.78. The number of benzene rings is 1. The highest BCUT2D eigenvalue weighted by Crippen LogP contribution is 2.17. The van der Waals surface area contributed by atoms with E-state index in [9.17, 15) is 0 Å². The molecule has 0 atom stereocenters. The third-order valence-electron chi connectivity index (χ3n) is 1.81. The van der Waals surface area contributed by atoms with Crippen LogP contribution in [-0.4, -0.2) is 11.4 Å². The summed E-state index contributed by atoms with van der Waals surface area (Å²) in [4.78, 5) is 0. The molecule has 0 spiro atoms. The lowest BCUT2D eigenvalue weighted by molar-refractivity contribution is 0.322. The van der Waals surface area contributed by atoms with Gasteiger partial charge in [0, 0.05) is 0 Å². The number of rotatable bonds is 2. The Labute approximate surface area is 72.5 Å². The van der Waals surface area contributed by atoms with Crippen molar-refractivity contribution in [1.82, 2.24) is 0 Å². The summed E-state index contributed by atoms with van der Waals surface area (Å²) in [6.45, 7) is 4.23. The van der Waals surface area contributed by atoms with Crippen LogP contribution in [0.25, 0.3) is 0 Å². The Hall–Kier alpha value is -1.31. The summed E-state index contributed by atoms with van der Waals surface area (Å²) in [6.07, 6.45) is 1.47. The fourth-order valence-corrected chi connectivity index (χ4v) is 1.22. The van der Waals surface area contributed by atoms with Gasteiger partial charge < -0.3 is 5.21 Å². The number of hydrogen-bond donors (Lipinski definition) is 1. The van der Waals surface area contributed by atoms with Gasteiger partial charge in [0.2, 0.25) is 0 Å². The number of hydrogen-bond acceptors (Lipinski definition) is 2. The average Bonchev–Trinajstić information content (AvgIpc) is 2.05. The molecule has 1 N–H and O–H groups in total. The highest BCUT2D eigenvalue weighted by molar-refractivity contribution is 5.81. The first-order valence-corrected chi connectivity index (χ1v) is 4.02. The SMILES string of the molecule is CC(C)c1ccccc1/C=N\O. The van der Waals surface area contributed by atoms with Crippen molar-refractivity contribution in [3.8, 4) is 0 Å². The smallest absolute Gasteiger partial charge is 0.0736 e. The minimum Gasteiger partial charge on any atom is -0.411 e. The van der Waals surface area contributed by atoms with Crippen LogP contribution in [-0.2, 0) is 0 Å². The van der Waals surface area contributed by atoms with E-state index in [1.165, 1.54) is 11.8 Å². The predicted molar refractivity (Wildman–Crippen MR) is 49.9 cm³/mol. The largest absolute Gasteiger partial charge is 0.411 e. The van der Waals surface area contributed by atoms with Crippen LogP contribution >= 0.6 is 0 Å². The molecule has 1 rings (SSSR count). The van der Waals surface area contributed by atoms with E-state index in [4.69, 9.17) is 5.21 Å². The molecule has 0 aliphatic carbocycles. The molecular formula is C10H13NO. The molecule has 0 saturated heterocycles. The molecule has 64 valence electrons. The molecule has 0 amide bonds. The van der Waals surface area contributed by atoms with E-state index in [2.05, 4.69) is 19.0 Å². The second-order valence-electron chi connectivity index (χ2n) is 3.03. The quantitative estimate of drug-likeness (QED) is 0.405. The van der Waals surface area contributed by atoms with Gasteiger partial charge in [-0.05, 0) is 17.0 Å². The topological polar surface area (TPSA) is 32.6 Å². The fraction of sp³-hybridized carbons (Fsp3) is 0.300. The van der Waals surface area contributed by atoms with Gasteiger partial charge >= 0.3 is 0 Å². The Morgan fingerprint density at radius 1 is 1.33 bits per heavy atom. The molecule has 0 aromatic heterocycles. The third-order valence-corrected chi connectivity index (χ3v) is 1.81. The van der Waals surface area contributed by atoms with E-state index >= 15 is 0 Å². The third kappa shape index (κ3) is 1.84. The zero-order valence-corrected chi connectivity index (χ0v) is 7.36. The summed E-state index contributed by atoms with van der Waals surface area (Å²) in [5.41, 5.74) is 2.19. The van der Waals surface area contributed by atoms with E-state index in [-0.39, 0.29) is 0 Å². The molecule has 0 fully saturated rings. The van der Waals surface area contributed by atoms with Crippen molar-refractivity contribution in [2.75, 3.05) is 0 Å². The van der Waals surface area contributed by atoms with Crippen molar-refractivity contribution >= 4 is 6.21 Å². The Morgan fingerprint density at radius 3 is 2.58 bits per heavy atom. The molecule has 1 aromatic rings. The van der Waals surface area contributed by atoms with Crippen LogP contribution in [0.1, 0.15) is 30.9 Å². The molecule has 0 heterocycles. The second-order valence-corrected chi connectivity index (χ2v) is 3.03. The average molecular weight is 163 g/mol. The Balaban J connectivity index is 3.08. The van der Waals surface area contributed by atoms with Gasteiger partial charge in [0.05, 0.1) is 6.21 Å². The Bertz CT molecular complexity index is 279. The standard InChI is InChI=1S/C10H13NO/c1-8(2)10-6-4-3-5-9(10)7-11-12/h3-8,12H,1-2H3/b11-7-. The molecule has 2 nitrogen and oxygen atoms in total. The summed E-state index contributed by atoms with van der Waals surface area (Å²) >= 11 is 0. The minimum absolute atomic E-state index is 0.458. The highest BCUT2D eigenvalue weighted by Gasteiger charge is 2.02. The summed E-state index contributed by atoms with van der Waals surface area (Å²) in [5, 5.41) is 11.4. The van der Waals surface area contributed by atoms with Gasteiger partial charge in [-0.25, -0.2) is 0 Å². The maximum Gasteiger partial charge on any atom is 0.0736 e. The Morgan fingerprint density at radius 2 is 2.00 bits per heavy atom. The maximum atomic E-state index is 8.40. The van der Waals surface area contributed by atoms with Gasteiger partial charge in [0.1, 0.15) is 0 Å². The molecule has 0 aliphatic heterocycles. The van der Waals surface area contributed by atoms with Crippen LogP contribution in [0.3, 0.4) is 0 Å². The molecule has 0 bridgehead atoms. The summed E-state index contributed by atoms with van der Waals surface area (Å²) in [6, 6.07) is 7.91. The molecule has 0 aliphatic rings. The minimum atomic E-state index is 0.458. The normalized spacial score (nSPS) is 11.2. The van der Waals surface area contributed by atoms with E-state index in [1.807, 2.05) is 24.3 Å². The fourth-order valence-electron chi connectivity index (χ4n) is 1.22. The monoisotopic (exact) mass is 163 g/mol. The first-order valence-electron chi connectivity index (χ1n) is 4.02. The van der Waals surface area contributed by atoms with E-state index in [0.29, 0.717) is 5.92 Å². The van der Waals surface area contributed by atoms with Gasteiger partial charge in [-0.3, -0.25) is 0 Å². The van der Waals surface area contributed by atoms with E-state index in [0.717, 1.165) is 5.56 Å². The van der Waals surface area contributed by atoms with Crippen LogP contribution < -0.4 is 0 Å². The summed E-state index contributed by atoms with van der Waals surface area (Å²) in [7, 11) is 0. The maximum absolute atomic E-state index is 8.40. The second kappa shape index (κ2) is 3.90. The van der Waals surface area contributed by atoms with Crippen molar-refractivity contribution in [2.45, 2.75) is 19.8 Å².